The lowest BCUT2D eigenvalue weighted by molar-refractivity contribution is 0.612. The highest BCUT2D eigenvalue weighted by atomic mass is 35.5. The minimum absolute atomic E-state index is 0.00125. The van der Waals surface area contributed by atoms with Gasteiger partial charge in [-0.2, -0.15) is 0 Å². The Morgan fingerprint density at radius 3 is 2.90 bits per heavy atom. The van der Waals surface area contributed by atoms with Gasteiger partial charge in [0.1, 0.15) is 10.7 Å². The molecule has 2 aromatic rings. The quantitative estimate of drug-likeness (QED) is 0.306. The lowest BCUT2D eigenvalue weighted by Crippen LogP contribution is -2.08. The number of aromatic nitrogens is 2. The monoisotopic (exact) mass is 297 g/mol. The molecule has 0 unspecified atom stereocenters. The molecular weight excluding hydrogens is 290 g/mol. The number of pyridine rings is 1. The van der Waals surface area contributed by atoms with Gasteiger partial charge in [0.15, 0.2) is 17.0 Å². The van der Waals surface area contributed by atoms with E-state index in [-0.39, 0.29) is 16.2 Å². The number of rotatable bonds is 0. The van der Waals surface area contributed by atoms with Crippen LogP contribution in [0.5, 0.6) is 0 Å². The molecule has 102 valence electrons. The van der Waals surface area contributed by atoms with E-state index in [1.54, 1.807) is 36.5 Å². The Hall–Kier alpha value is -2.66. The Morgan fingerprint density at radius 1 is 1.19 bits per heavy atom. The van der Waals surface area contributed by atoms with Gasteiger partial charge in [0.25, 0.3) is 0 Å². The average molecular weight is 298 g/mol. The van der Waals surface area contributed by atoms with E-state index in [2.05, 4.69) is 9.97 Å². The second-order valence-electron chi connectivity index (χ2n) is 4.63. The van der Waals surface area contributed by atoms with Crippen LogP contribution in [0.1, 0.15) is 0 Å². The number of benzene rings is 2. The van der Waals surface area contributed by atoms with Gasteiger partial charge in [0, 0.05) is 22.7 Å². The van der Waals surface area contributed by atoms with E-state index < -0.39 is 0 Å². The lowest BCUT2D eigenvalue weighted by atomic mass is 10.0. The van der Waals surface area contributed by atoms with Crippen molar-refractivity contribution in [1.82, 2.24) is 9.97 Å². The van der Waals surface area contributed by atoms with Crippen LogP contribution in [0.2, 0.25) is 5.02 Å². The third-order valence-corrected chi connectivity index (χ3v) is 3.72. The van der Waals surface area contributed by atoms with Crippen LogP contribution in [0.25, 0.3) is 33.5 Å². The van der Waals surface area contributed by atoms with Crippen molar-refractivity contribution >= 4 is 39.3 Å². The first-order valence-electron chi connectivity index (χ1n) is 6.22. The van der Waals surface area contributed by atoms with E-state index in [0.717, 1.165) is 0 Å². The predicted molar refractivity (Wildman–Crippen MR) is 81.6 cm³/mol. The Balaban J connectivity index is 2.36. The average Bonchev–Trinajstić information content (AvgIpc) is 2.51. The van der Waals surface area contributed by atoms with Crippen LogP contribution in [0.15, 0.2) is 45.7 Å². The second kappa shape index (κ2) is 4.17. The summed E-state index contributed by atoms with van der Waals surface area (Å²) < 4.78 is 5.71. The van der Waals surface area contributed by atoms with Gasteiger partial charge >= 0.3 is 0 Å². The van der Waals surface area contributed by atoms with Crippen LogP contribution in [-0.4, -0.2) is 9.97 Å². The maximum absolute atomic E-state index is 12.3. The first-order chi connectivity index (χ1) is 10.2. The summed E-state index contributed by atoms with van der Waals surface area (Å²) in [6, 6.07) is 8.52. The van der Waals surface area contributed by atoms with Crippen molar-refractivity contribution in [2.75, 3.05) is 5.73 Å². The van der Waals surface area contributed by atoms with Crippen LogP contribution < -0.4 is 11.2 Å². The van der Waals surface area contributed by atoms with Crippen molar-refractivity contribution < 1.29 is 4.42 Å². The van der Waals surface area contributed by atoms with Crippen LogP contribution in [-0.2, 0) is 0 Å². The number of hydrogen-bond donors (Lipinski definition) is 1. The number of nitrogens with zero attached hydrogens (tertiary/aromatic N) is 2. The zero-order valence-electron chi connectivity index (χ0n) is 10.6. The number of hydrogen-bond acceptors (Lipinski definition) is 5. The molecule has 2 heterocycles. The molecule has 0 bridgehead atoms. The topological polar surface area (TPSA) is 82.0 Å². The summed E-state index contributed by atoms with van der Waals surface area (Å²) in [4.78, 5) is 21.0. The van der Waals surface area contributed by atoms with Crippen LogP contribution >= 0.6 is 11.6 Å². The van der Waals surface area contributed by atoms with Gasteiger partial charge < -0.3 is 10.2 Å². The third-order valence-electron chi connectivity index (χ3n) is 3.37. The lowest BCUT2D eigenvalue weighted by Gasteiger charge is -2.11. The molecule has 0 atom stereocenters. The molecule has 1 aliphatic heterocycles. The third kappa shape index (κ3) is 1.61. The van der Waals surface area contributed by atoms with Crippen molar-refractivity contribution in [2.24, 2.45) is 0 Å². The summed E-state index contributed by atoms with van der Waals surface area (Å²) >= 11 is 6.15. The number of halogens is 1. The highest BCUT2D eigenvalue weighted by Crippen LogP contribution is 2.36. The van der Waals surface area contributed by atoms with E-state index in [9.17, 15) is 4.79 Å². The van der Waals surface area contributed by atoms with E-state index in [1.165, 1.54) is 0 Å². The van der Waals surface area contributed by atoms with Gasteiger partial charge in [-0.1, -0.05) is 23.7 Å². The Bertz CT molecular complexity index is 1040. The minimum atomic E-state index is -0.319. The molecular formula is C15H8ClN3O2. The van der Waals surface area contributed by atoms with E-state index in [4.69, 9.17) is 21.8 Å². The minimum Gasteiger partial charge on any atom is -0.449 e. The fourth-order valence-corrected chi connectivity index (χ4v) is 2.65. The molecule has 21 heavy (non-hydrogen) atoms. The van der Waals surface area contributed by atoms with Gasteiger partial charge in [-0.25, -0.2) is 9.97 Å². The fourth-order valence-electron chi connectivity index (χ4n) is 2.42. The summed E-state index contributed by atoms with van der Waals surface area (Å²) in [7, 11) is 0. The molecule has 0 fully saturated rings. The van der Waals surface area contributed by atoms with Gasteiger partial charge in [-0.15, -0.1) is 0 Å². The zero-order chi connectivity index (χ0) is 14.6. The SMILES string of the molecule is Nc1cccc2c(=O)c(Cl)c3oc4cccnc4nc-3c12. The van der Waals surface area contributed by atoms with Crippen LogP contribution in [0.3, 0.4) is 0 Å². The molecule has 4 rings (SSSR count). The van der Waals surface area contributed by atoms with Gasteiger partial charge in [-0.3, -0.25) is 4.79 Å². The molecule has 0 saturated carbocycles. The summed E-state index contributed by atoms with van der Waals surface area (Å²) in [5.41, 5.74) is 7.47. The maximum atomic E-state index is 12.3. The Kier molecular flexibility index (Phi) is 2.40. The molecule has 2 aliphatic rings. The number of nitrogen functional groups attached to an aromatic ring is 1. The first kappa shape index (κ1) is 12.1. The van der Waals surface area contributed by atoms with Crippen molar-refractivity contribution in [3.05, 3.63) is 51.8 Å². The molecule has 5 nitrogen and oxygen atoms in total. The van der Waals surface area contributed by atoms with Crippen LogP contribution in [0, 0.1) is 0 Å². The van der Waals surface area contributed by atoms with Crippen molar-refractivity contribution in [1.29, 1.82) is 0 Å². The summed E-state index contributed by atoms with van der Waals surface area (Å²) in [5.74, 6) is 0.229. The normalized spacial score (nSPS) is 11.5. The number of nitrogens with two attached hydrogens (primary N) is 1. The molecule has 1 aliphatic carbocycles. The molecule has 1 aromatic heterocycles. The van der Waals surface area contributed by atoms with Crippen LogP contribution in [0.4, 0.5) is 5.69 Å². The standard InChI is InChI=1S/C15H8ClN3O2/c16-11-13(20)7-3-1-4-8(17)10(7)12-14(11)21-9-5-2-6-18-15(9)19-12/h1-6H,17H2. The first-order valence-corrected chi connectivity index (χ1v) is 6.60. The molecule has 2 N–H and O–H groups in total. The molecule has 0 spiro atoms. The van der Waals surface area contributed by atoms with E-state index >= 15 is 0 Å². The summed E-state index contributed by atoms with van der Waals surface area (Å²) in [6.07, 6.45) is 1.62. The predicted octanol–water partition coefficient (Wildman–Crippen LogP) is 3.08. The molecule has 0 radical (unpaired) electrons. The van der Waals surface area contributed by atoms with E-state index in [1.807, 2.05) is 0 Å². The second-order valence-corrected chi connectivity index (χ2v) is 5.01. The Labute approximate surface area is 123 Å². The smallest absolute Gasteiger partial charge is 0.209 e. The molecule has 0 amide bonds. The highest BCUT2D eigenvalue weighted by molar-refractivity contribution is 6.34. The summed E-state index contributed by atoms with van der Waals surface area (Å²) in [5, 5.41) is 0.963. The highest BCUT2D eigenvalue weighted by Gasteiger charge is 2.22. The number of anilines is 1. The number of fused-ring (bicyclic) bond motifs is 4. The largest absolute Gasteiger partial charge is 0.449 e. The molecule has 6 heteroatoms. The van der Waals surface area contributed by atoms with Gasteiger partial charge in [0.2, 0.25) is 5.43 Å². The molecule has 1 aromatic carbocycles. The van der Waals surface area contributed by atoms with Crippen molar-refractivity contribution in [3.63, 3.8) is 0 Å². The fraction of sp³-hybridized carbons (Fsp3) is 0. The van der Waals surface area contributed by atoms with Crippen molar-refractivity contribution in [2.45, 2.75) is 0 Å². The maximum Gasteiger partial charge on any atom is 0.209 e. The van der Waals surface area contributed by atoms with Crippen molar-refractivity contribution in [3.8, 4) is 11.5 Å². The zero-order valence-corrected chi connectivity index (χ0v) is 11.4. The Morgan fingerprint density at radius 2 is 2.05 bits per heavy atom. The van der Waals surface area contributed by atoms with Gasteiger partial charge in [0.05, 0.1) is 0 Å². The summed E-state index contributed by atoms with van der Waals surface area (Å²) in [6.45, 7) is 0. The van der Waals surface area contributed by atoms with E-state index in [0.29, 0.717) is 33.4 Å². The van der Waals surface area contributed by atoms with Gasteiger partial charge in [-0.05, 0) is 18.2 Å². The molecule has 0 saturated heterocycles.